The van der Waals surface area contributed by atoms with Crippen molar-refractivity contribution in [2.24, 2.45) is 10.8 Å². The quantitative estimate of drug-likeness (QED) is 0.118. The predicted molar refractivity (Wildman–Crippen MR) is 228 cm³/mol. The Hall–Kier alpha value is -1.96. The van der Waals surface area contributed by atoms with E-state index in [2.05, 4.69) is 138 Å². The first-order chi connectivity index (χ1) is 24.9. The fourth-order valence-electron chi connectivity index (χ4n) is 10.7. The molecule has 4 aromatic carbocycles. The molecule has 2 fully saturated rings. The second-order valence-electron chi connectivity index (χ2n) is 17.9. The molecule has 0 aromatic heterocycles. The summed E-state index contributed by atoms with van der Waals surface area (Å²) >= 11 is -4.96. The van der Waals surface area contributed by atoms with Crippen LogP contribution in [0.3, 0.4) is 0 Å². The fraction of sp³-hybridized carbons (Fsp3) is 0.417. The summed E-state index contributed by atoms with van der Waals surface area (Å²) in [6.07, 6.45) is 17.9. The van der Waals surface area contributed by atoms with Gasteiger partial charge < -0.3 is 0 Å². The van der Waals surface area contributed by atoms with Gasteiger partial charge in [0.1, 0.15) is 0 Å². The van der Waals surface area contributed by atoms with Gasteiger partial charge in [0.05, 0.1) is 0 Å². The average molecular weight is 824 g/mol. The van der Waals surface area contributed by atoms with Crippen LogP contribution < -0.4 is 0 Å². The number of hydrogen-bond donors (Lipinski definition) is 0. The number of fused-ring (bicyclic) bond motifs is 2. The van der Waals surface area contributed by atoms with E-state index >= 15 is 0 Å². The Kier molecular flexibility index (Phi) is 9.71. The molecule has 0 N–H and O–H groups in total. The number of hydrogen-bond acceptors (Lipinski definition) is 0. The molecule has 0 amide bonds. The van der Waals surface area contributed by atoms with Crippen LogP contribution in [-0.4, -0.2) is 5.92 Å². The van der Waals surface area contributed by atoms with Crippen molar-refractivity contribution in [3.63, 3.8) is 0 Å². The molecule has 271 valence electrons. The van der Waals surface area contributed by atoms with Gasteiger partial charge in [-0.3, -0.25) is 0 Å². The summed E-state index contributed by atoms with van der Waals surface area (Å²) in [4.78, 5) is 0. The minimum absolute atomic E-state index is 0.134. The molecular weight excluding hydrogens is 767 g/mol. The molecule has 4 aliphatic carbocycles. The number of halogens is 2. The third kappa shape index (κ3) is 6.29. The van der Waals surface area contributed by atoms with Gasteiger partial charge in [-0.05, 0) is 0 Å². The van der Waals surface area contributed by atoms with Crippen LogP contribution in [0.15, 0.2) is 96.1 Å². The van der Waals surface area contributed by atoms with E-state index in [1.54, 1.807) is 11.1 Å². The summed E-state index contributed by atoms with van der Waals surface area (Å²) in [5, 5.41) is 0. The van der Waals surface area contributed by atoms with Gasteiger partial charge in [-0.1, -0.05) is 0 Å². The van der Waals surface area contributed by atoms with Crippen molar-refractivity contribution in [3.8, 4) is 22.3 Å². The van der Waals surface area contributed by atoms with Crippen LogP contribution in [0.5, 0.6) is 0 Å². The van der Waals surface area contributed by atoms with Gasteiger partial charge in [0, 0.05) is 0 Å². The first-order valence-corrected chi connectivity index (χ1v) is 36.6. The molecule has 2 unspecified atom stereocenters. The molecular formula is C48H57Cl2SiZr. The maximum absolute atomic E-state index is 9.03. The Morgan fingerprint density at radius 3 is 1.31 bits per heavy atom. The van der Waals surface area contributed by atoms with Gasteiger partial charge in [-0.2, -0.15) is 0 Å². The van der Waals surface area contributed by atoms with E-state index in [0.717, 1.165) is 12.8 Å². The van der Waals surface area contributed by atoms with Crippen molar-refractivity contribution in [2.45, 2.75) is 112 Å². The van der Waals surface area contributed by atoms with Crippen LogP contribution in [0.1, 0.15) is 119 Å². The molecule has 0 bridgehead atoms. The third-order valence-electron chi connectivity index (χ3n) is 13.9. The average Bonchev–Trinajstić information content (AvgIpc) is 3.98. The zero-order chi connectivity index (χ0) is 36.5. The second-order valence-corrected chi connectivity index (χ2v) is 60.4. The Labute approximate surface area is 322 Å². The van der Waals surface area contributed by atoms with Crippen LogP contribution in [0.4, 0.5) is 0 Å². The van der Waals surface area contributed by atoms with Crippen molar-refractivity contribution in [2.75, 3.05) is 0 Å². The van der Waals surface area contributed by atoms with Crippen LogP contribution >= 0.6 is 17.0 Å². The van der Waals surface area contributed by atoms with Crippen molar-refractivity contribution in [3.05, 3.63) is 129 Å². The normalized spacial score (nSPS) is 21.6. The van der Waals surface area contributed by atoms with Gasteiger partial charge in [-0.15, -0.1) is 0 Å². The van der Waals surface area contributed by atoms with Gasteiger partial charge in [-0.25, -0.2) is 0 Å². The SMILES string of the molecule is CCCC1(CC2=Cc3c(-c4ccc(C)cc4)cccc3[CH]2[Zr]([Cl])([Cl])([CH]2C(CC3(CCC)CC3)=Cc3c(-c4ccc(C)cc4)cccc32)[SiH](C)C)CC1. The molecule has 2 atom stereocenters. The second kappa shape index (κ2) is 13.7. The topological polar surface area (TPSA) is 0 Å². The predicted octanol–water partition coefficient (Wildman–Crippen LogP) is 15.1. The number of benzene rings is 4. The van der Waals surface area contributed by atoms with Crippen LogP contribution in [0.2, 0.25) is 13.1 Å². The number of rotatable bonds is 13. The van der Waals surface area contributed by atoms with E-state index in [1.165, 1.54) is 107 Å². The summed E-state index contributed by atoms with van der Waals surface area (Å²) < 4.78 is 0.268. The number of aryl methyl sites for hydroxylation is 2. The first kappa shape index (κ1) is 37.0. The number of allylic oxidation sites excluding steroid dienone is 2. The zero-order valence-electron chi connectivity index (χ0n) is 32.3. The summed E-state index contributed by atoms with van der Waals surface area (Å²) in [5.74, 6) is -1.68. The minimum atomic E-state index is -4.96. The molecule has 4 aromatic rings. The summed E-state index contributed by atoms with van der Waals surface area (Å²) in [6, 6.07) is 32.4. The van der Waals surface area contributed by atoms with E-state index < -0.39 is 21.5 Å². The standard InChI is InChI=1S/2C23H25.C2H7Si.2ClH.Zr/c2*1-3-11-23(12-13-23)16-18-14-20-5-4-6-21(22(20)15-18)19-9-7-17(2)8-10-19;1-3-2;;;/h2*4-10,14-15H,3,11-13,16H2,1-2H3;3H,1-2H3;2*1H;/q;;;;;+2/p-2. The molecule has 0 saturated heterocycles. The molecule has 0 nitrogen and oxygen atoms in total. The Balaban J connectivity index is 1.35. The van der Waals surface area contributed by atoms with Crippen molar-refractivity contribution >= 4 is 35.1 Å². The van der Waals surface area contributed by atoms with Crippen LogP contribution in [-0.2, 0) is 15.6 Å². The first-order valence-electron chi connectivity index (χ1n) is 20.3. The maximum atomic E-state index is 9.03. The summed E-state index contributed by atoms with van der Waals surface area (Å²) in [7, 11) is 18.1. The van der Waals surface area contributed by atoms with Gasteiger partial charge in [0.15, 0.2) is 0 Å². The molecule has 4 aliphatic rings. The molecule has 52 heavy (non-hydrogen) atoms. The summed E-state index contributed by atoms with van der Waals surface area (Å²) in [5.41, 5.74) is 17.4. The van der Waals surface area contributed by atoms with Crippen molar-refractivity contribution < 1.29 is 15.6 Å². The Morgan fingerprint density at radius 1 is 0.596 bits per heavy atom. The van der Waals surface area contributed by atoms with E-state index in [0.29, 0.717) is 10.8 Å². The molecule has 4 heteroatoms. The van der Waals surface area contributed by atoms with E-state index in [9.17, 15) is 0 Å². The molecule has 0 heterocycles. The Bertz CT molecular complexity index is 1920. The van der Waals surface area contributed by atoms with E-state index in [4.69, 9.17) is 17.0 Å². The molecule has 0 spiro atoms. The monoisotopic (exact) mass is 821 g/mol. The molecule has 0 radical (unpaired) electrons. The van der Waals surface area contributed by atoms with Crippen LogP contribution in [0.25, 0.3) is 34.4 Å². The third-order valence-corrected chi connectivity index (χ3v) is 65.7. The summed E-state index contributed by atoms with van der Waals surface area (Å²) in [6.45, 7) is 14.1. The Morgan fingerprint density at radius 2 is 0.981 bits per heavy atom. The van der Waals surface area contributed by atoms with E-state index in [1.807, 2.05) is 0 Å². The van der Waals surface area contributed by atoms with Crippen LogP contribution in [0, 0.1) is 24.7 Å². The van der Waals surface area contributed by atoms with Crippen molar-refractivity contribution in [1.29, 1.82) is 0 Å². The van der Waals surface area contributed by atoms with Gasteiger partial charge in [0.2, 0.25) is 0 Å². The van der Waals surface area contributed by atoms with Crippen molar-refractivity contribution in [1.82, 2.24) is 0 Å². The van der Waals surface area contributed by atoms with E-state index in [-0.39, 0.29) is 7.25 Å². The molecule has 0 aliphatic heterocycles. The molecule has 8 rings (SSSR count). The van der Waals surface area contributed by atoms with Gasteiger partial charge >= 0.3 is 325 Å². The molecule has 2 saturated carbocycles. The van der Waals surface area contributed by atoms with Gasteiger partial charge in [0.25, 0.3) is 0 Å². The fourth-order valence-corrected chi connectivity index (χ4v) is 41.9. The zero-order valence-corrected chi connectivity index (χ0v) is 37.4.